The molecular formula is C14H20N2. The van der Waals surface area contributed by atoms with E-state index in [9.17, 15) is 0 Å². The van der Waals surface area contributed by atoms with Gasteiger partial charge in [0.25, 0.3) is 0 Å². The van der Waals surface area contributed by atoms with E-state index in [1.165, 1.54) is 5.39 Å². The van der Waals surface area contributed by atoms with Crippen molar-refractivity contribution in [2.45, 2.75) is 27.3 Å². The standard InChI is InChI=1S/C12H14N2.C2H6/c1-2-13-9-11-8-7-10-5-3-4-6-12(10)14-11;1-2/h3-8,13H,2,9H2,1H3;1-2H3. The summed E-state index contributed by atoms with van der Waals surface area (Å²) >= 11 is 0. The lowest BCUT2D eigenvalue weighted by atomic mass is 10.2. The smallest absolute Gasteiger partial charge is 0.0705 e. The highest BCUT2D eigenvalue weighted by Crippen LogP contribution is 2.11. The molecule has 2 nitrogen and oxygen atoms in total. The first-order valence-electron chi connectivity index (χ1n) is 5.95. The van der Waals surface area contributed by atoms with Crippen molar-refractivity contribution in [3.8, 4) is 0 Å². The summed E-state index contributed by atoms with van der Waals surface area (Å²) in [6.45, 7) is 7.93. The Morgan fingerprint density at radius 2 is 1.81 bits per heavy atom. The average Bonchev–Trinajstić information content (AvgIpc) is 2.38. The van der Waals surface area contributed by atoms with Crippen molar-refractivity contribution in [2.24, 2.45) is 0 Å². The Morgan fingerprint density at radius 1 is 1.06 bits per heavy atom. The normalized spacial score (nSPS) is 9.69. The first-order valence-corrected chi connectivity index (χ1v) is 5.95. The van der Waals surface area contributed by atoms with Gasteiger partial charge >= 0.3 is 0 Å². The van der Waals surface area contributed by atoms with Gasteiger partial charge in [0.15, 0.2) is 0 Å². The average molecular weight is 216 g/mol. The maximum absolute atomic E-state index is 4.55. The summed E-state index contributed by atoms with van der Waals surface area (Å²) in [6, 6.07) is 12.4. The van der Waals surface area contributed by atoms with Gasteiger partial charge in [0, 0.05) is 11.9 Å². The molecule has 0 aliphatic rings. The Kier molecular flexibility index (Phi) is 5.51. The minimum absolute atomic E-state index is 0.849. The third-order valence-electron chi connectivity index (χ3n) is 2.21. The van der Waals surface area contributed by atoms with E-state index in [4.69, 9.17) is 0 Å². The molecule has 0 fully saturated rings. The second-order valence-corrected chi connectivity index (χ2v) is 3.28. The molecule has 1 aromatic heterocycles. The molecule has 0 aliphatic heterocycles. The first kappa shape index (κ1) is 12.7. The van der Waals surface area contributed by atoms with Crippen LogP contribution < -0.4 is 5.32 Å². The molecule has 1 aromatic carbocycles. The Morgan fingerprint density at radius 3 is 2.56 bits per heavy atom. The van der Waals surface area contributed by atoms with Gasteiger partial charge < -0.3 is 5.32 Å². The SMILES string of the molecule is CC.CCNCc1ccc2ccccc2n1. The third-order valence-corrected chi connectivity index (χ3v) is 2.21. The number of nitrogens with zero attached hydrogens (tertiary/aromatic N) is 1. The van der Waals surface area contributed by atoms with Gasteiger partial charge in [-0.15, -0.1) is 0 Å². The molecular weight excluding hydrogens is 196 g/mol. The Labute approximate surface area is 97.7 Å². The van der Waals surface area contributed by atoms with Crippen LogP contribution in [-0.2, 0) is 6.54 Å². The van der Waals surface area contributed by atoms with Crippen molar-refractivity contribution < 1.29 is 0 Å². The lowest BCUT2D eigenvalue weighted by molar-refractivity contribution is 0.713. The van der Waals surface area contributed by atoms with Crippen LogP contribution in [-0.4, -0.2) is 11.5 Å². The van der Waals surface area contributed by atoms with Gasteiger partial charge in [0.2, 0.25) is 0 Å². The largest absolute Gasteiger partial charge is 0.311 e. The molecule has 0 spiro atoms. The monoisotopic (exact) mass is 216 g/mol. The summed E-state index contributed by atoms with van der Waals surface area (Å²) < 4.78 is 0. The molecule has 0 atom stereocenters. The van der Waals surface area contributed by atoms with Crippen LogP contribution in [0.4, 0.5) is 0 Å². The minimum Gasteiger partial charge on any atom is -0.311 e. The van der Waals surface area contributed by atoms with Crippen LogP contribution in [0.25, 0.3) is 10.9 Å². The zero-order valence-corrected chi connectivity index (χ0v) is 10.3. The summed E-state index contributed by atoms with van der Waals surface area (Å²) in [6.07, 6.45) is 0. The molecule has 1 N–H and O–H groups in total. The van der Waals surface area contributed by atoms with Crippen molar-refractivity contribution >= 4 is 10.9 Å². The lowest BCUT2D eigenvalue weighted by Gasteiger charge is -2.02. The molecule has 0 unspecified atom stereocenters. The molecule has 1 heterocycles. The number of hydrogen-bond donors (Lipinski definition) is 1. The second kappa shape index (κ2) is 6.96. The summed E-state index contributed by atoms with van der Waals surface area (Å²) in [5.41, 5.74) is 2.17. The van der Waals surface area contributed by atoms with E-state index in [0.717, 1.165) is 24.3 Å². The fourth-order valence-electron chi connectivity index (χ4n) is 1.46. The van der Waals surface area contributed by atoms with Crippen molar-refractivity contribution in [1.82, 2.24) is 10.3 Å². The van der Waals surface area contributed by atoms with Crippen LogP contribution in [0.5, 0.6) is 0 Å². The number of pyridine rings is 1. The molecule has 0 saturated heterocycles. The molecule has 0 amide bonds. The van der Waals surface area contributed by atoms with E-state index in [-0.39, 0.29) is 0 Å². The van der Waals surface area contributed by atoms with Crippen LogP contribution in [0.3, 0.4) is 0 Å². The van der Waals surface area contributed by atoms with Gasteiger partial charge in [-0.1, -0.05) is 45.0 Å². The van der Waals surface area contributed by atoms with E-state index >= 15 is 0 Å². The summed E-state index contributed by atoms with van der Waals surface area (Å²) in [4.78, 5) is 4.55. The molecule has 0 aliphatic carbocycles. The maximum atomic E-state index is 4.55. The predicted molar refractivity (Wildman–Crippen MR) is 70.5 cm³/mol. The third kappa shape index (κ3) is 3.31. The highest BCUT2D eigenvalue weighted by Gasteiger charge is 1.96. The van der Waals surface area contributed by atoms with Gasteiger partial charge in [0.1, 0.15) is 0 Å². The molecule has 2 rings (SSSR count). The number of fused-ring (bicyclic) bond motifs is 1. The zero-order chi connectivity index (χ0) is 11.8. The number of rotatable bonds is 3. The van der Waals surface area contributed by atoms with Gasteiger partial charge in [-0.2, -0.15) is 0 Å². The fourth-order valence-corrected chi connectivity index (χ4v) is 1.46. The Hall–Kier alpha value is -1.41. The Balaban J connectivity index is 0.000000606. The summed E-state index contributed by atoms with van der Waals surface area (Å²) in [7, 11) is 0. The van der Waals surface area contributed by atoms with E-state index in [2.05, 4.69) is 35.4 Å². The van der Waals surface area contributed by atoms with Gasteiger partial charge in [-0.3, -0.25) is 4.98 Å². The van der Waals surface area contributed by atoms with Gasteiger partial charge in [-0.05, 0) is 18.7 Å². The number of hydrogen-bond acceptors (Lipinski definition) is 2. The molecule has 0 radical (unpaired) electrons. The van der Waals surface area contributed by atoms with Crippen molar-refractivity contribution in [3.63, 3.8) is 0 Å². The second-order valence-electron chi connectivity index (χ2n) is 3.28. The number of aromatic nitrogens is 1. The van der Waals surface area contributed by atoms with Crippen molar-refractivity contribution in [1.29, 1.82) is 0 Å². The molecule has 0 bridgehead atoms. The number of para-hydroxylation sites is 1. The molecule has 0 saturated carbocycles. The molecule has 86 valence electrons. The maximum Gasteiger partial charge on any atom is 0.0705 e. The first-order chi connectivity index (χ1) is 7.90. The predicted octanol–water partition coefficient (Wildman–Crippen LogP) is 3.37. The number of benzene rings is 1. The molecule has 2 heteroatoms. The Bertz CT molecular complexity index is 424. The van der Waals surface area contributed by atoms with Crippen LogP contribution in [0.1, 0.15) is 26.5 Å². The van der Waals surface area contributed by atoms with Crippen LogP contribution in [0, 0.1) is 0 Å². The van der Waals surface area contributed by atoms with E-state index in [0.29, 0.717) is 0 Å². The van der Waals surface area contributed by atoms with E-state index in [1.807, 2.05) is 32.0 Å². The number of nitrogens with one attached hydrogen (secondary N) is 1. The van der Waals surface area contributed by atoms with Crippen LogP contribution in [0.2, 0.25) is 0 Å². The summed E-state index contributed by atoms with van der Waals surface area (Å²) in [5, 5.41) is 4.47. The zero-order valence-electron chi connectivity index (χ0n) is 10.3. The minimum atomic E-state index is 0.849. The highest BCUT2D eigenvalue weighted by atomic mass is 14.9. The van der Waals surface area contributed by atoms with Crippen molar-refractivity contribution in [3.05, 3.63) is 42.1 Å². The topological polar surface area (TPSA) is 24.9 Å². The quantitative estimate of drug-likeness (QED) is 0.851. The summed E-state index contributed by atoms with van der Waals surface area (Å²) in [5.74, 6) is 0. The molecule has 2 aromatic rings. The van der Waals surface area contributed by atoms with Gasteiger partial charge in [0.05, 0.1) is 11.2 Å². The molecule has 16 heavy (non-hydrogen) atoms. The fraction of sp³-hybridized carbons (Fsp3) is 0.357. The lowest BCUT2D eigenvalue weighted by Crippen LogP contribution is -2.12. The van der Waals surface area contributed by atoms with E-state index in [1.54, 1.807) is 0 Å². The van der Waals surface area contributed by atoms with Crippen molar-refractivity contribution in [2.75, 3.05) is 6.54 Å². The van der Waals surface area contributed by atoms with Crippen LogP contribution >= 0.6 is 0 Å². The van der Waals surface area contributed by atoms with Gasteiger partial charge in [-0.25, -0.2) is 0 Å². The van der Waals surface area contributed by atoms with Crippen LogP contribution in [0.15, 0.2) is 36.4 Å². The van der Waals surface area contributed by atoms with E-state index < -0.39 is 0 Å². The highest BCUT2D eigenvalue weighted by molar-refractivity contribution is 5.78.